The first kappa shape index (κ1) is 19.6. The lowest BCUT2D eigenvalue weighted by Crippen LogP contribution is -2.21. The fraction of sp³-hybridized carbons (Fsp3) is 0.200. The van der Waals surface area contributed by atoms with Gasteiger partial charge in [-0.1, -0.05) is 42.5 Å². The molecule has 146 valence electrons. The van der Waals surface area contributed by atoms with Gasteiger partial charge in [-0.25, -0.2) is 4.98 Å². The number of hydrogen-bond acceptors (Lipinski definition) is 5. The number of para-hydroxylation sites is 1. The molecule has 3 aromatic rings. The van der Waals surface area contributed by atoms with Gasteiger partial charge in [0.25, 0.3) is 0 Å². The first-order valence-electron chi connectivity index (χ1n) is 8.62. The van der Waals surface area contributed by atoms with E-state index < -0.39 is 11.7 Å². The highest BCUT2D eigenvalue weighted by molar-refractivity contribution is 5.68. The van der Waals surface area contributed by atoms with Crippen LogP contribution in [0.1, 0.15) is 12.5 Å². The van der Waals surface area contributed by atoms with Crippen molar-refractivity contribution in [3.8, 4) is 11.3 Å². The molecule has 0 amide bonds. The van der Waals surface area contributed by atoms with Gasteiger partial charge in [-0.3, -0.25) is 0 Å². The summed E-state index contributed by atoms with van der Waals surface area (Å²) in [6.07, 6.45) is -4.49. The first-order chi connectivity index (χ1) is 13.4. The third kappa shape index (κ3) is 4.77. The Labute approximate surface area is 160 Å². The number of halogens is 3. The molecule has 0 fully saturated rings. The molecule has 1 heterocycles. The van der Waals surface area contributed by atoms with Gasteiger partial charge in [0.1, 0.15) is 5.82 Å². The number of rotatable bonds is 6. The Hall–Kier alpha value is -3.13. The molecule has 0 saturated carbocycles. The number of benzene rings is 2. The maximum atomic E-state index is 13.3. The van der Waals surface area contributed by atoms with Crippen LogP contribution < -0.4 is 10.6 Å². The van der Waals surface area contributed by atoms with Crippen molar-refractivity contribution >= 4 is 17.5 Å². The molecule has 8 heteroatoms. The molecular formula is C20H19F3N4O. The van der Waals surface area contributed by atoms with Crippen LogP contribution in [0.4, 0.5) is 30.6 Å². The second kappa shape index (κ2) is 8.26. The van der Waals surface area contributed by atoms with Gasteiger partial charge >= 0.3 is 6.18 Å². The van der Waals surface area contributed by atoms with Crippen LogP contribution in [-0.4, -0.2) is 27.7 Å². The summed E-state index contributed by atoms with van der Waals surface area (Å²) >= 11 is 0. The molecule has 0 aliphatic rings. The number of hydrogen-bond donors (Lipinski definition) is 3. The van der Waals surface area contributed by atoms with Crippen molar-refractivity contribution in [1.29, 1.82) is 0 Å². The fourth-order valence-corrected chi connectivity index (χ4v) is 2.58. The van der Waals surface area contributed by atoms with Crippen LogP contribution >= 0.6 is 0 Å². The predicted octanol–water partition coefficient (Wildman–Crippen LogP) is 4.70. The first-order valence-corrected chi connectivity index (χ1v) is 8.62. The standard InChI is InChI=1S/C20H19F3N4O/c1-13(12-28)24-19-26-17(14-7-3-2-4-8-14)11-18(27-19)25-16-10-6-5-9-15(16)20(21,22)23/h2-11,13,28H,12H2,1H3,(H2,24,25,26,27)/t13-/m0/s1. The molecule has 1 aromatic heterocycles. The topological polar surface area (TPSA) is 70.1 Å². The molecule has 3 N–H and O–H groups in total. The molecule has 1 atom stereocenters. The van der Waals surface area contributed by atoms with E-state index in [1.54, 1.807) is 13.0 Å². The van der Waals surface area contributed by atoms with Crippen LogP contribution in [0.2, 0.25) is 0 Å². The zero-order valence-corrected chi connectivity index (χ0v) is 15.0. The van der Waals surface area contributed by atoms with E-state index in [4.69, 9.17) is 0 Å². The summed E-state index contributed by atoms with van der Waals surface area (Å²) in [6.45, 7) is 1.60. The monoisotopic (exact) mass is 388 g/mol. The van der Waals surface area contributed by atoms with Crippen LogP contribution in [0.15, 0.2) is 60.7 Å². The van der Waals surface area contributed by atoms with Crippen LogP contribution in [0.3, 0.4) is 0 Å². The molecule has 0 radical (unpaired) electrons. The van der Waals surface area contributed by atoms with Crippen molar-refractivity contribution in [3.05, 3.63) is 66.2 Å². The normalized spacial score (nSPS) is 12.5. The third-order valence-electron chi connectivity index (χ3n) is 3.94. The highest BCUT2D eigenvalue weighted by Gasteiger charge is 2.33. The van der Waals surface area contributed by atoms with E-state index in [-0.39, 0.29) is 30.1 Å². The number of aromatic nitrogens is 2. The maximum absolute atomic E-state index is 13.3. The Bertz CT molecular complexity index is 932. The lowest BCUT2D eigenvalue weighted by atomic mass is 10.1. The van der Waals surface area contributed by atoms with Crippen LogP contribution in [0.5, 0.6) is 0 Å². The lowest BCUT2D eigenvalue weighted by Gasteiger charge is -2.16. The molecule has 3 rings (SSSR count). The largest absolute Gasteiger partial charge is 0.418 e. The predicted molar refractivity (Wildman–Crippen MR) is 102 cm³/mol. The second-order valence-corrected chi connectivity index (χ2v) is 6.22. The van der Waals surface area contributed by atoms with E-state index in [1.807, 2.05) is 30.3 Å². The molecule has 5 nitrogen and oxygen atoms in total. The average Bonchev–Trinajstić information content (AvgIpc) is 2.68. The van der Waals surface area contributed by atoms with Gasteiger partial charge in [0.15, 0.2) is 0 Å². The summed E-state index contributed by atoms with van der Waals surface area (Å²) in [7, 11) is 0. The van der Waals surface area contributed by atoms with Crippen molar-refractivity contribution in [2.24, 2.45) is 0 Å². The highest BCUT2D eigenvalue weighted by Crippen LogP contribution is 2.36. The van der Waals surface area contributed by atoms with Crippen molar-refractivity contribution < 1.29 is 18.3 Å². The lowest BCUT2D eigenvalue weighted by molar-refractivity contribution is -0.136. The van der Waals surface area contributed by atoms with Crippen LogP contribution in [0, 0.1) is 0 Å². The smallest absolute Gasteiger partial charge is 0.394 e. The highest BCUT2D eigenvalue weighted by atomic mass is 19.4. The van der Waals surface area contributed by atoms with Crippen molar-refractivity contribution in [2.45, 2.75) is 19.1 Å². The Morgan fingerprint density at radius 1 is 1.00 bits per heavy atom. The fourth-order valence-electron chi connectivity index (χ4n) is 2.58. The van der Waals surface area contributed by atoms with Crippen molar-refractivity contribution in [1.82, 2.24) is 9.97 Å². The summed E-state index contributed by atoms with van der Waals surface area (Å²) < 4.78 is 39.8. The molecule has 0 aliphatic carbocycles. The molecule has 28 heavy (non-hydrogen) atoms. The van der Waals surface area contributed by atoms with E-state index in [1.165, 1.54) is 18.2 Å². The van der Waals surface area contributed by atoms with Crippen LogP contribution in [0.25, 0.3) is 11.3 Å². The minimum absolute atomic E-state index is 0.103. The number of alkyl halides is 3. The van der Waals surface area contributed by atoms with E-state index in [2.05, 4.69) is 20.6 Å². The molecule has 2 aromatic carbocycles. The van der Waals surface area contributed by atoms with Crippen molar-refractivity contribution in [2.75, 3.05) is 17.2 Å². The van der Waals surface area contributed by atoms with E-state index in [0.29, 0.717) is 5.69 Å². The number of anilines is 3. The average molecular weight is 388 g/mol. The number of nitrogens with one attached hydrogen (secondary N) is 2. The van der Waals surface area contributed by atoms with E-state index in [0.717, 1.165) is 11.6 Å². The van der Waals surface area contributed by atoms with Crippen LogP contribution in [-0.2, 0) is 6.18 Å². The molecule has 0 spiro atoms. The number of nitrogens with zero attached hydrogens (tertiary/aromatic N) is 2. The quantitative estimate of drug-likeness (QED) is 0.571. The van der Waals surface area contributed by atoms with Gasteiger partial charge in [0.2, 0.25) is 5.95 Å². The summed E-state index contributed by atoms with van der Waals surface area (Å²) in [5.41, 5.74) is 0.439. The van der Waals surface area contributed by atoms with E-state index in [9.17, 15) is 18.3 Å². The SMILES string of the molecule is C[C@@H](CO)Nc1nc(Nc2ccccc2C(F)(F)F)cc(-c2ccccc2)n1. The minimum atomic E-state index is -4.49. The van der Waals surface area contributed by atoms with Gasteiger partial charge < -0.3 is 15.7 Å². The number of aliphatic hydroxyl groups excluding tert-OH is 1. The molecule has 0 aliphatic heterocycles. The van der Waals surface area contributed by atoms with Gasteiger partial charge in [0, 0.05) is 17.7 Å². The number of aliphatic hydroxyl groups is 1. The summed E-state index contributed by atoms with van der Waals surface area (Å²) in [4.78, 5) is 8.66. The van der Waals surface area contributed by atoms with Gasteiger partial charge in [-0.2, -0.15) is 18.2 Å². The zero-order valence-electron chi connectivity index (χ0n) is 15.0. The maximum Gasteiger partial charge on any atom is 0.418 e. The Morgan fingerprint density at radius 3 is 2.36 bits per heavy atom. The second-order valence-electron chi connectivity index (χ2n) is 6.22. The Kier molecular flexibility index (Phi) is 5.79. The zero-order chi connectivity index (χ0) is 20.1. The van der Waals surface area contributed by atoms with Crippen molar-refractivity contribution in [3.63, 3.8) is 0 Å². The Morgan fingerprint density at radius 2 is 1.68 bits per heavy atom. The summed E-state index contributed by atoms with van der Waals surface area (Å²) in [5, 5.41) is 14.9. The van der Waals surface area contributed by atoms with E-state index >= 15 is 0 Å². The molecule has 0 unspecified atom stereocenters. The molecule has 0 bridgehead atoms. The van der Waals surface area contributed by atoms with Gasteiger partial charge in [-0.05, 0) is 19.1 Å². The molecule has 0 saturated heterocycles. The van der Waals surface area contributed by atoms with Gasteiger partial charge in [0.05, 0.1) is 23.6 Å². The third-order valence-corrected chi connectivity index (χ3v) is 3.94. The Balaban J connectivity index is 2.02. The van der Waals surface area contributed by atoms with Gasteiger partial charge in [-0.15, -0.1) is 0 Å². The summed E-state index contributed by atoms with van der Waals surface area (Å²) in [6, 6.07) is 15.7. The minimum Gasteiger partial charge on any atom is -0.394 e. The summed E-state index contributed by atoms with van der Waals surface area (Å²) in [5.74, 6) is 0.410. The molecular weight excluding hydrogens is 369 g/mol.